The van der Waals surface area contributed by atoms with Crippen LogP contribution in [0.15, 0.2) is 84.1 Å². The van der Waals surface area contributed by atoms with Gasteiger partial charge in [-0.2, -0.15) is 5.10 Å². The lowest BCUT2D eigenvalue weighted by atomic mass is 9.72. The van der Waals surface area contributed by atoms with E-state index in [9.17, 15) is 20.1 Å². The average molecular weight is 480 g/mol. The second-order valence-electron chi connectivity index (χ2n) is 9.41. The zero-order chi connectivity index (χ0) is 25.0. The van der Waals surface area contributed by atoms with Crippen molar-refractivity contribution in [2.24, 2.45) is 0 Å². The van der Waals surface area contributed by atoms with Crippen LogP contribution in [0.1, 0.15) is 47.1 Å². The monoisotopic (exact) mass is 479 g/mol. The minimum absolute atomic E-state index is 0.0249. The number of fused-ring (bicyclic) bond motifs is 1. The van der Waals surface area contributed by atoms with Gasteiger partial charge in [0.15, 0.2) is 17.3 Å². The zero-order valence-electron chi connectivity index (χ0n) is 19.6. The van der Waals surface area contributed by atoms with Crippen LogP contribution in [0.5, 0.6) is 17.2 Å². The van der Waals surface area contributed by atoms with Crippen LogP contribution < -0.4 is 5.32 Å². The van der Waals surface area contributed by atoms with E-state index in [0.29, 0.717) is 24.0 Å². The molecule has 7 nitrogen and oxygen atoms in total. The Morgan fingerprint density at radius 1 is 0.889 bits per heavy atom. The predicted octanol–water partition coefficient (Wildman–Crippen LogP) is 5.26. The molecule has 4 N–H and O–H groups in total. The number of hydrogen-bond donors (Lipinski definition) is 4. The maximum absolute atomic E-state index is 13.7. The van der Waals surface area contributed by atoms with Gasteiger partial charge in [-0.1, -0.05) is 36.4 Å². The van der Waals surface area contributed by atoms with Crippen LogP contribution in [-0.2, 0) is 4.79 Å². The standard InChI is InChI=1S/C29H25N3O4/c1-16-26-27(18-9-12-23(34)24(35)14-18)28-22(30-29(26)32(31-16)20-5-3-2-4-6-20)13-19(15-25(28)36)17-7-10-21(33)11-8-17/h2-12,14,19,27,30,33-35H,13,15H2,1H3/t19-,27+/m0/s1. The lowest BCUT2D eigenvalue weighted by Gasteiger charge is -2.36. The number of nitrogens with zero attached hydrogens (tertiary/aromatic N) is 2. The Morgan fingerprint density at radius 2 is 1.61 bits per heavy atom. The SMILES string of the molecule is Cc1nn(-c2ccccc2)c2c1[C@@H](c1ccc(O)c(O)c1)C1=C(C[C@H](c3ccc(O)cc3)CC1=O)N2. The van der Waals surface area contributed by atoms with E-state index in [-0.39, 0.29) is 28.9 Å². The van der Waals surface area contributed by atoms with Crippen molar-refractivity contribution in [3.05, 3.63) is 106 Å². The van der Waals surface area contributed by atoms with E-state index in [1.54, 1.807) is 18.2 Å². The number of phenols is 3. The summed E-state index contributed by atoms with van der Waals surface area (Å²) in [6, 6.07) is 21.5. The summed E-state index contributed by atoms with van der Waals surface area (Å²) in [7, 11) is 0. The van der Waals surface area contributed by atoms with Gasteiger partial charge in [0.05, 0.1) is 11.4 Å². The molecular formula is C29H25N3O4. The highest BCUT2D eigenvalue weighted by atomic mass is 16.3. The van der Waals surface area contributed by atoms with Crippen molar-refractivity contribution in [2.75, 3.05) is 5.32 Å². The number of anilines is 1. The minimum Gasteiger partial charge on any atom is -0.508 e. The fraction of sp³-hybridized carbons (Fsp3) is 0.172. The molecule has 0 unspecified atom stereocenters. The molecule has 0 spiro atoms. The van der Waals surface area contributed by atoms with Crippen LogP contribution in [0.25, 0.3) is 5.69 Å². The van der Waals surface area contributed by atoms with Crippen molar-refractivity contribution in [1.29, 1.82) is 0 Å². The topological polar surface area (TPSA) is 108 Å². The number of nitrogens with one attached hydrogen (secondary N) is 1. The zero-order valence-corrected chi connectivity index (χ0v) is 19.6. The molecule has 0 fully saturated rings. The van der Waals surface area contributed by atoms with Crippen LogP contribution in [-0.4, -0.2) is 30.9 Å². The summed E-state index contributed by atoms with van der Waals surface area (Å²) < 4.78 is 1.86. The van der Waals surface area contributed by atoms with Crippen molar-refractivity contribution in [3.8, 4) is 22.9 Å². The van der Waals surface area contributed by atoms with Gasteiger partial charge in [-0.05, 0) is 66.8 Å². The number of aryl methyl sites for hydroxylation is 1. The first-order valence-corrected chi connectivity index (χ1v) is 11.9. The molecule has 2 heterocycles. The average Bonchev–Trinajstić information content (AvgIpc) is 3.21. The predicted molar refractivity (Wildman–Crippen MR) is 136 cm³/mol. The third-order valence-corrected chi connectivity index (χ3v) is 7.16. The molecule has 0 radical (unpaired) electrons. The summed E-state index contributed by atoms with van der Waals surface area (Å²) in [4.78, 5) is 13.7. The number of hydrogen-bond acceptors (Lipinski definition) is 6. The number of ketones is 1. The molecule has 0 amide bonds. The van der Waals surface area contributed by atoms with Gasteiger partial charge in [-0.25, -0.2) is 4.68 Å². The number of rotatable bonds is 3. The highest BCUT2D eigenvalue weighted by molar-refractivity contribution is 6.01. The minimum atomic E-state index is -0.437. The van der Waals surface area contributed by atoms with Crippen LogP contribution >= 0.6 is 0 Å². The van der Waals surface area contributed by atoms with Gasteiger partial charge in [0.25, 0.3) is 0 Å². The van der Waals surface area contributed by atoms with Gasteiger partial charge in [0.2, 0.25) is 0 Å². The maximum Gasteiger partial charge on any atom is 0.162 e. The summed E-state index contributed by atoms with van der Waals surface area (Å²) in [6.45, 7) is 1.92. The number of aromatic nitrogens is 2. The van der Waals surface area contributed by atoms with Gasteiger partial charge >= 0.3 is 0 Å². The third kappa shape index (κ3) is 3.51. The maximum atomic E-state index is 13.7. The van der Waals surface area contributed by atoms with E-state index in [0.717, 1.165) is 34.0 Å². The lowest BCUT2D eigenvalue weighted by Crippen LogP contribution is -2.30. The number of carbonyl (C=O) groups excluding carboxylic acids is 1. The fourth-order valence-electron chi connectivity index (χ4n) is 5.47. The molecule has 3 aromatic carbocycles. The largest absolute Gasteiger partial charge is 0.508 e. The number of phenolic OH excluding ortho intramolecular Hbond substituents is 3. The Kier molecular flexibility index (Phi) is 5.07. The number of benzene rings is 3. The van der Waals surface area contributed by atoms with E-state index >= 15 is 0 Å². The molecule has 1 aliphatic carbocycles. The molecule has 36 heavy (non-hydrogen) atoms. The van der Waals surface area contributed by atoms with E-state index in [2.05, 4.69) is 5.32 Å². The number of aromatic hydroxyl groups is 3. The van der Waals surface area contributed by atoms with E-state index in [1.807, 2.05) is 54.1 Å². The molecule has 180 valence electrons. The van der Waals surface area contributed by atoms with Crippen molar-refractivity contribution in [3.63, 3.8) is 0 Å². The molecule has 2 aliphatic rings. The third-order valence-electron chi connectivity index (χ3n) is 7.16. The highest BCUT2D eigenvalue weighted by Gasteiger charge is 2.41. The van der Waals surface area contributed by atoms with Crippen molar-refractivity contribution < 1.29 is 20.1 Å². The molecule has 2 atom stereocenters. The summed E-state index contributed by atoms with van der Waals surface area (Å²) in [5.41, 5.74) is 5.74. The van der Waals surface area contributed by atoms with Crippen LogP contribution in [0, 0.1) is 6.92 Å². The van der Waals surface area contributed by atoms with Gasteiger partial charge in [-0.3, -0.25) is 4.79 Å². The molecule has 1 aliphatic heterocycles. The summed E-state index contributed by atoms with van der Waals surface area (Å²) >= 11 is 0. The first-order chi connectivity index (χ1) is 17.4. The Bertz CT molecular complexity index is 1520. The fourth-order valence-corrected chi connectivity index (χ4v) is 5.47. The van der Waals surface area contributed by atoms with Crippen molar-refractivity contribution >= 4 is 11.6 Å². The molecule has 0 bridgehead atoms. The summed E-state index contributed by atoms with van der Waals surface area (Å²) in [5, 5.41) is 38.3. The first-order valence-electron chi connectivity index (χ1n) is 11.9. The number of para-hydroxylation sites is 1. The van der Waals surface area contributed by atoms with E-state index in [4.69, 9.17) is 5.10 Å². The normalized spacial score (nSPS) is 19.0. The Labute approximate surface area is 208 Å². The second kappa shape index (κ2) is 8.30. The number of allylic oxidation sites excluding steroid dienone is 2. The van der Waals surface area contributed by atoms with Crippen LogP contribution in [0.4, 0.5) is 5.82 Å². The molecule has 7 heteroatoms. The first kappa shape index (κ1) is 22.0. The molecular weight excluding hydrogens is 454 g/mol. The molecule has 0 saturated carbocycles. The Morgan fingerprint density at radius 3 is 2.33 bits per heavy atom. The van der Waals surface area contributed by atoms with E-state index < -0.39 is 5.92 Å². The highest BCUT2D eigenvalue weighted by Crippen LogP contribution is 2.50. The Balaban J connectivity index is 1.53. The molecule has 4 aromatic rings. The quantitative estimate of drug-likeness (QED) is 0.299. The molecule has 0 saturated heterocycles. The molecule has 6 rings (SSSR count). The van der Waals surface area contributed by atoms with Crippen molar-refractivity contribution in [1.82, 2.24) is 9.78 Å². The van der Waals surface area contributed by atoms with Gasteiger partial charge in [-0.15, -0.1) is 0 Å². The van der Waals surface area contributed by atoms with Gasteiger partial charge in [0, 0.05) is 29.2 Å². The van der Waals surface area contributed by atoms with E-state index in [1.165, 1.54) is 12.1 Å². The Hall–Kier alpha value is -4.52. The van der Waals surface area contributed by atoms with Gasteiger partial charge in [0.1, 0.15) is 11.6 Å². The van der Waals surface area contributed by atoms with Crippen LogP contribution in [0.2, 0.25) is 0 Å². The summed E-state index contributed by atoms with van der Waals surface area (Å²) in [6.07, 6.45) is 0.956. The lowest BCUT2D eigenvalue weighted by molar-refractivity contribution is -0.116. The number of Topliss-reactive ketones (excluding diaryl/α,β-unsaturated/α-hetero) is 1. The summed E-state index contributed by atoms with van der Waals surface area (Å²) in [5.74, 6) is 0.0958. The molecule has 1 aromatic heterocycles. The van der Waals surface area contributed by atoms with Crippen molar-refractivity contribution in [2.45, 2.75) is 31.6 Å². The second-order valence-corrected chi connectivity index (χ2v) is 9.41. The van der Waals surface area contributed by atoms with Crippen LogP contribution in [0.3, 0.4) is 0 Å². The van der Waals surface area contributed by atoms with Gasteiger partial charge < -0.3 is 20.6 Å². The number of carbonyl (C=O) groups is 1. The smallest absolute Gasteiger partial charge is 0.162 e.